The van der Waals surface area contributed by atoms with Gasteiger partial charge in [0.2, 0.25) is 0 Å². The average molecular weight is 255 g/mol. The molecule has 2 heterocycles. The summed E-state index contributed by atoms with van der Waals surface area (Å²) in [5.74, 6) is 0. The first-order valence-electron chi connectivity index (χ1n) is 5.04. The molecule has 0 aliphatic rings. The van der Waals surface area contributed by atoms with Gasteiger partial charge in [0.15, 0.2) is 5.03 Å². The Morgan fingerprint density at radius 3 is 2.71 bits per heavy atom. The van der Waals surface area contributed by atoms with Crippen LogP contribution < -0.4 is 4.72 Å². The van der Waals surface area contributed by atoms with E-state index in [4.69, 9.17) is 0 Å². The van der Waals surface area contributed by atoms with Crippen molar-refractivity contribution < 1.29 is 8.42 Å². The molecule has 0 saturated heterocycles. The number of hydrogen-bond acceptors (Lipinski definition) is 4. The molecule has 0 unspecified atom stereocenters. The Morgan fingerprint density at radius 2 is 2.18 bits per heavy atom. The Morgan fingerprint density at radius 1 is 1.41 bits per heavy atom. The summed E-state index contributed by atoms with van der Waals surface area (Å²) < 4.78 is 27.7. The zero-order valence-corrected chi connectivity index (χ0v) is 10.3. The minimum absolute atomic E-state index is 0.0230. The quantitative estimate of drug-likeness (QED) is 0.852. The second kappa shape index (κ2) is 4.21. The maximum atomic E-state index is 11.8. The van der Waals surface area contributed by atoms with E-state index in [1.54, 1.807) is 10.9 Å². The molecule has 0 fully saturated rings. The fourth-order valence-electron chi connectivity index (χ4n) is 1.27. The fraction of sp³-hybridized carbons (Fsp3) is 0.333. The number of rotatable bonds is 4. The maximum Gasteiger partial charge on any atom is 0.279 e. The van der Waals surface area contributed by atoms with Gasteiger partial charge < -0.3 is 4.98 Å². The number of aromatic amines is 1. The van der Waals surface area contributed by atoms with Crippen molar-refractivity contribution in [3.63, 3.8) is 0 Å². The lowest BCUT2D eigenvalue weighted by atomic mass is 10.4. The van der Waals surface area contributed by atoms with Gasteiger partial charge >= 0.3 is 0 Å². The van der Waals surface area contributed by atoms with E-state index in [1.165, 1.54) is 18.7 Å². The molecule has 0 aliphatic heterocycles. The number of aromatic nitrogens is 4. The third-order valence-electron chi connectivity index (χ3n) is 2.15. The van der Waals surface area contributed by atoms with Gasteiger partial charge in [-0.3, -0.25) is 9.40 Å². The molecule has 92 valence electrons. The zero-order chi connectivity index (χ0) is 12.5. The first kappa shape index (κ1) is 11.6. The largest absolute Gasteiger partial charge is 0.334 e. The van der Waals surface area contributed by atoms with Crippen molar-refractivity contribution in [2.75, 3.05) is 4.72 Å². The van der Waals surface area contributed by atoms with E-state index in [1.807, 2.05) is 13.8 Å². The molecule has 0 aliphatic carbocycles. The van der Waals surface area contributed by atoms with Gasteiger partial charge in [0.1, 0.15) is 0 Å². The number of H-pyrrole nitrogens is 1. The second-order valence-electron chi connectivity index (χ2n) is 3.82. The van der Waals surface area contributed by atoms with Crippen LogP contribution in [0.1, 0.15) is 19.9 Å². The second-order valence-corrected chi connectivity index (χ2v) is 5.47. The van der Waals surface area contributed by atoms with Crippen molar-refractivity contribution in [2.45, 2.75) is 24.9 Å². The van der Waals surface area contributed by atoms with Crippen LogP contribution in [0.5, 0.6) is 0 Å². The molecule has 17 heavy (non-hydrogen) atoms. The molecule has 8 heteroatoms. The van der Waals surface area contributed by atoms with Crippen molar-refractivity contribution in [3.8, 4) is 0 Å². The Balaban J connectivity index is 2.21. The van der Waals surface area contributed by atoms with Gasteiger partial charge in [-0.15, -0.1) is 0 Å². The van der Waals surface area contributed by atoms with Gasteiger partial charge in [0.05, 0.1) is 24.4 Å². The third-order valence-corrected chi connectivity index (χ3v) is 3.45. The fourth-order valence-corrected chi connectivity index (χ4v) is 2.21. The van der Waals surface area contributed by atoms with Crippen LogP contribution >= 0.6 is 0 Å². The SMILES string of the molecule is CC(C)n1cc(NS(=O)(=O)c2cnc[nH]2)cn1. The van der Waals surface area contributed by atoms with Crippen LogP contribution in [0.15, 0.2) is 29.9 Å². The van der Waals surface area contributed by atoms with Crippen LogP contribution in [0, 0.1) is 0 Å². The summed E-state index contributed by atoms with van der Waals surface area (Å²) in [6.07, 6.45) is 5.66. The maximum absolute atomic E-state index is 11.8. The highest BCUT2D eigenvalue weighted by atomic mass is 32.2. The number of hydrogen-bond donors (Lipinski definition) is 2. The molecule has 0 radical (unpaired) electrons. The van der Waals surface area contributed by atoms with E-state index in [0.29, 0.717) is 5.69 Å². The van der Waals surface area contributed by atoms with Crippen LogP contribution in [0.2, 0.25) is 0 Å². The highest BCUT2D eigenvalue weighted by Gasteiger charge is 2.16. The lowest BCUT2D eigenvalue weighted by molar-refractivity contribution is 0.532. The molecule has 2 rings (SSSR count). The Labute approximate surface area is 98.9 Å². The predicted molar refractivity (Wildman–Crippen MR) is 62.0 cm³/mol. The molecule has 0 aromatic carbocycles. The van der Waals surface area contributed by atoms with Crippen molar-refractivity contribution >= 4 is 15.7 Å². The van der Waals surface area contributed by atoms with Crippen molar-refractivity contribution in [1.29, 1.82) is 0 Å². The van der Waals surface area contributed by atoms with E-state index < -0.39 is 10.0 Å². The summed E-state index contributed by atoms with van der Waals surface area (Å²) in [7, 11) is -3.60. The third kappa shape index (κ3) is 2.47. The van der Waals surface area contributed by atoms with Crippen molar-refractivity contribution in [1.82, 2.24) is 19.7 Å². The molecule has 2 N–H and O–H groups in total. The normalized spacial score (nSPS) is 11.9. The van der Waals surface area contributed by atoms with Gasteiger partial charge in [0.25, 0.3) is 10.0 Å². The standard InChI is InChI=1S/C9H13N5O2S/c1-7(2)14-5-8(3-12-14)13-17(15,16)9-4-10-6-11-9/h3-7,13H,1-2H3,(H,10,11). The van der Waals surface area contributed by atoms with Crippen LogP contribution in [0.4, 0.5) is 5.69 Å². The number of sulfonamides is 1. The number of anilines is 1. The highest BCUT2D eigenvalue weighted by molar-refractivity contribution is 7.92. The first-order chi connectivity index (χ1) is 7.99. The van der Waals surface area contributed by atoms with E-state index in [2.05, 4.69) is 19.8 Å². The molecule has 0 spiro atoms. The lowest BCUT2D eigenvalue weighted by Crippen LogP contribution is -2.12. The first-order valence-corrected chi connectivity index (χ1v) is 6.53. The van der Waals surface area contributed by atoms with E-state index in [9.17, 15) is 8.42 Å². The summed E-state index contributed by atoms with van der Waals surface area (Å²) in [6, 6.07) is 0.181. The van der Waals surface area contributed by atoms with E-state index in [0.717, 1.165) is 0 Å². The summed E-state index contributed by atoms with van der Waals surface area (Å²) in [5, 5.41) is 4.07. The van der Waals surface area contributed by atoms with Crippen LogP contribution in [0.3, 0.4) is 0 Å². The Hall–Kier alpha value is -1.83. The van der Waals surface area contributed by atoms with Gasteiger partial charge in [-0.05, 0) is 13.8 Å². The molecule has 7 nitrogen and oxygen atoms in total. The summed E-state index contributed by atoms with van der Waals surface area (Å²) in [6.45, 7) is 3.92. The molecular weight excluding hydrogens is 242 g/mol. The van der Waals surface area contributed by atoms with Crippen LogP contribution in [0.25, 0.3) is 0 Å². The van der Waals surface area contributed by atoms with Crippen LogP contribution in [-0.4, -0.2) is 28.2 Å². The van der Waals surface area contributed by atoms with Crippen LogP contribution in [-0.2, 0) is 10.0 Å². The van der Waals surface area contributed by atoms with Gasteiger partial charge in [-0.2, -0.15) is 13.5 Å². The minimum Gasteiger partial charge on any atom is -0.334 e. The molecule has 0 saturated carbocycles. The molecule has 2 aromatic heterocycles. The topological polar surface area (TPSA) is 92.7 Å². The van der Waals surface area contributed by atoms with E-state index >= 15 is 0 Å². The predicted octanol–water partition coefficient (Wildman–Crippen LogP) is 0.988. The molecule has 0 atom stereocenters. The minimum atomic E-state index is -3.60. The molecule has 2 aromatic rings. The van der Waals surface area contributed by atoms with Crippen molar-refractivity contribution in [3.05, 3.63) is 24.9 Å². The van der Waals surface area contributed by atoms with Crippen molar-refractivity contribution in [2.24, 2.45) is 0 Å². The Kier molecular flexibility index (Phi) is 2.88. The lowest BCUT2D eigenvalue weighted by Gasteiger charge is -2.04. The summed E-state index contributed by atoms with van der Waals surface area (Å²) in [4.78, 5) is 6.21. The molecule has 0 bridgehead atoms. The Bertz CT molecular complexity index is 585. The van der Waals surface area contributed by atoms with E-state index in [-0.39, 0.29) is 11.1 Å². The van der Waals surface area contributed by atoms with Gasteiger partial charge in [-0.25, -0.2) is 4.98 Å². The van der Waals surface area contributed by atoms with Gasteiger partial charge in [0, 0.05) is 12.2 Å². The summed E-state index contributed by atoms with van der Waals surface area (Å²) >= 11 is 0. The number of nitrogens with one attached hydrogen (secondary N) is 2. The smallest absolute Gasteiger partial charge is 0.279 e. The highest BCUT2D eigenvalue weighted by Crippen LogP contribution is 2.14. The van der Waals surface area contributed by atoms with Gasteiger partial charge in [-0.1, -0.05) is 0 Å². The monoisotopic (exact) mass is 255 g/mol. The number of nitrogens with zero attached hydrogens (tertiary/aromatic N) is 3. The molecular formula is C9H13N5O2S. The molecule has 0 amide bonds. The zero-order valence-electron chi connectivity index (χ0n) is 9.45. The number of imidazole rings is 1. The average Bonchev–Trinajstić information content (AvgIpc) is 2.85. The summed E-state index contributed by atoms with van der Waals surface area (Å²) in [5.41, 5.74) is 0.424.